The second kappa shape index (κ2) is 3.44. The summed E-state index contributed by atoms with van der Waals surface area (Å²) in [5.74, 6) is 0.374. The number of aliphatic hydroxyl groups is 1. The number of ether oxygens (including phenoxy) is 1. The van der Waals surface area contributed by atoms with Gasteiger partial charge in [0.1, 0.15) is 6.61 Å². The molecule has 0 aromatic heterocycles. The zero-order valence-electron chi connectivity index (χ0n) is 7.67. The van der Waals surface area contributed by atoms with Crippen molar-refractivity contribution in [3.63, 3.8) is 0 Å². The Morgan fingerprint density at radius 3 is 2.58 bits per heavy atom. The largest absolute Gasteiger partial charge is 0.463 e. The van der Waals surface area contributed by atoms with E-state index >= 15 is 0 Å². The maximum Gasteiger partial charge on any atom is 0.306 e. The van der Waals surface area contributed by atoms with Crippen molar-refractivity contribution < 1.29 is 14.6 Å². The molecule has 0 unspecified atom stereocenters. The van der Waals surface area contributed by atoms with Crippen LogP contribution in [0.5, 0.6) is 0 Å². The van der Waals surface area contributed by atoms with Crippen molar-refractivity contribution in [1.29, 1.82) is 0 Å². The van der Waals surface area contributed by atoms with Gasteiger partial charge in [0.2, 0.25) is 0 Å². The Labute approximate surface area is 72.7 Å². The van der Waals surface area contributed by atoms with E-state index < -0.39 is 5.60 Å². The van der Waals surface area contributed by atoms with Gasteiger partial charge in [-0.15, -0.1) is 0 Å². The van der Waals surface area contributed by atoms with Gasteiger partial charge in [0.05, 0.1) is 5.60 Å². The molecule has 0 spiro atoms. The average molecular weight is 172 g/mol. The third kappa shape index (κ3) is 4.34. The highest BCUT2D eigenvalue weighted by Gasteiger charge is 2.26. The van der Waals surface area contributed by atoms with Gasteiger partial charge in [-0.3, -0.25) is 4.79 Å². The van der Waals surface area contributed by atoms with Crippen molar-refractivity contribution in [3.8, 4) is 0 Å². The molecule has 1 aliphatic carbocycles. The van der Waals surface area contributed by atoms with E-state index in [1.807, 2.05) is 0 Å². The summed E-state index contributed by atoms with van der Waals surface area (Å²) in [5, 5.41) is 9.24. The van der Waals surface area contributed by atoms with Crippen LogP contribution in [0, 0.1) is 5.92 Å². The molecule has 1 saturated carbocycles. The highest BCUT2D eigenvalue weighted by atomic mass is 16.5. The molecule has 0 bridgehead atoms. The number of hydrogen-bond donors (Lipinski definition) is 1. The van der Waals surface area contributed by atoms with Crippen molar-refractivity contribution in [1.82, 2.24) is 0 Å². The lowest BCUT2D eigenvalue weighted by Crippen LogP contribution is -2.27. The zero-order valence-corrected chi connectivity index (χ0v) is 7.67. The van der Waals surface area contributed by atoms with Crippen molar-refractivity contribution >= 4 is 5.97 Å². The van der Waals surface area contributed by atoms with Crippen LogP contribution in [0.4, 0.5) is 0 Å². The van der Waals surface area contributed by atoms with Crippen LogP contribution in [0.2, 0.25) is 0 Å². The van der Waals surface area contributed by atoms with Gasteiger partial charge in [0.25, 0.3) is 0 Å². The number of carbonyl (C=O) groups is 1. The summed E-state index contributed by atoms with van der Waals surface area (Å²) < 4.78 is 4.87. The van der Waals surface area contributed by atoms with Crippen LogP contribution in [-0.4, -0.2) is 23.3 Å². The van der Waals surface area contributed by atoms with E-state index in [9.17, 15) is 9.90 Å². The van der Waals surface area contributed by atoms with Gasteiger partial charge in [-0.1, -0.05) is 0 Å². The highest BCUT2D eigenvalue weighted by Crippen LogP contribution is 2.32. The summed E-state index contributed by atoms with van der Waals surface area (Å²) >= 11 is 0. The first-order valence-electron chi connectivity index (χ1n) is 4.35. The fraction of sp³-hybridized carbons (Fsp3) is 0.889. The van der Waals surface area contributed by atoms with Gasteiger partial charge in [-0.25, -0.2) is 0 Å². The molecule has 1 fully saturated rings. The van der Waals surface area contributed by atoms with Crippen LogP contribution < -0.4 is 0 Å². The van der Waals surface area contributed by atoms with Crippen molar-refractivity contribution in [2.24, 2.45) is 5.92 Å². The van der Waals surface area contributed by atoms with Crippen LogP contribution in [0.15, 0.2) is 0 Å². The van der Waals surface area contributed by atoms with Crippen molar-refractivity contribution in [3.05, 3.63) is 0 Å². The fourth-order valence-electron chi connectivity index (χ4n) is 0.874. The van der Waals surface area contributed by atoms with Gasteiger partial charge in [-0.2, -0.15) is 0 Å². The molecule has 70 valence electrons. The Hall–Kier alpha value is -0.570. The average Bonchev–Trinajstić information content (AvgIpc) is 2.66. The SMILES string of the molecule is CC(C)(O)COC(=O)CC1CC1. The topological polar surface area (TPSA) is 46.5 Å². The van der Waals surface area contributed by atoms with E-state index in [4.69, 9.17) is 4.74 Å². The Morgan fingerprint density at radius 2 is 2.17 bits per heavy atom. The minimum Gasteiger partial charge on any atom is -0.463 e. The molecule has 1 N–H and O–H groups in total. The van der Waals surface area contributed by atoms with E-state index in [2.05, 4.69) is 0 Å². The van der Waals surface area contributed by atoms with Crippen LogP contribution in [0.1, 0.15) is 33.1 Å². The molecule has 0 radical (unpaired) electrons. The Kier molecular flexibility index (Phi) is 2.73. The van der Waals surface area contributed by atoms with Crippen LogP contribution >= 0.6 is 0 Å². The molecule has 0 aromatic rings. The third-order valence-electron chi connectivity index (χ3n) is 1.74. The Morgan fingerprint density at radius 1 is 1.58 bits per heavy atom. The first-order chi connectivity index (χ1) is 5.47. The molecule has 0 aromatic carbocycles. The lowest BCUT2D eigenvalue weighted by Gasteiger charge is -2.16. The summed E-state index contributed by atoms with van der Waals surface area (Å²) in [5.41, 5.74) is -0.904. The quantitative estimate of drug-likeness (QED) is 0.646. The van der Waals surface area contributed by atoms with Crippen LogP contribution in [0.25, 0.3) is 0 Å². The summed E-state index contributed by atoms with van der Waals surface area (Å²) in [7, 11) is 0. The second-order valence-corrected chi connectivity index (χ2v) is 4.12. The lowest BCUT2D eigenvalue weighted by molar-refractivity contribution is -0.150. The Bertz CT molecular complexity index is 165. The van der Waals surface area contributed by atoms with Gasteiger partial charge in [-0.05, 0) is 32.6 Å². The number of rotatable bonds is 4. The molecule has 3 nitrogen and oxygen atoms in total. The normalized spacial score (nSPS) is 17.6. The van der Waals surface area contributed by atoms with Crippen LogP contribution in [0.3, 0.4) is 0 Å². The number of esters is 1. The van der Waals surface area contributed by atoms with Crippen molar-refractivity contribution in [2.45, 2.75) is 38.7 Å². The molecule has 0 atom stereocenters. The molecule has 3 heteroatoms. The maximum absolute atomic E-state index is 11.0. The predicted octanol–water partition coefficient (Wildman–Crippen LogP) is 1.10. The van der Waals surface area contributed by atoms with Gasteiger partial charge < -0.3 is 9.84 Å². The van der Waals surface area contributed by atoms with E-state index in [-0.39, 0.29) is 12.6 Å². The minimum atomic E-state index is -0.904. The zero-order chi connectivity index (χ0) is 9.19. The van der Waals surface area contributed by atoms with Gasteiger partial charge in [0, 0.05) is 6.42 Å². The summed E-state index contributed by atoms with van der Waals surface area (Å²) in [6, 6.07) is 0. The summed E-state index contributed by atoms with van der Waals surface area (Å²) in [4.78, 5) is 11.0. The number of hydrogen-bond acceptors (Lipinski definition) is 3. The van der Waals surface area contributed by atoms with E-state index in [0.717, 1.165) is 12.8 Å². The minimum absolute atomic E-state index is 0.0958. The Balaban J connectivity index is 2.09. The predicted molar refractivity (Wildman–Crippen MR) is 44.6 cm³/mol. The van der Waals surface area contributed by atoms with Gasteiger partial charge in [0.15, 0.2) is 0 Å². The second-order valence-electron chi connectivity index (χ2n) is 4.12. The standard InChI is InChI=1S/C9H16O3/c1-9(2,11)6-12-8(10)5-7-3-4-7/h7,11H,3-6H2,1-2H3. The van der Waals surface area contributed by atoms with Gasteiger partial charge >= 0.3 is 5.97 Å². The summed E-state index contributed by atoms with van der Waals surface area (Å²) in [6.45, 7) is 3.34. The third-order valence-corrected chi connectivity index (χ3v) is 1.74. The highest BCUT2D eigenvalue weighted by molar-refractivity contribution is 5.70. The monoisotopic (exact) mass is 172 g/mol. The molecular formula is C9H16O3. The lowest BCUT2D eigenvalue weighted by atomic mass is 10.2. The molecule has 1 rings (SSSR count). The first-order valence-corrected chi connectivity index (χ1v) is 4.35. The van der Waals surface area contributed by atoms with Crippen molar-refractivity contribution in [2.75, 3.05) is 6.61 Å². The van der Waals surface area contributed by atoms with E-state index in [1.54, 1.807) is 13.8 Å². The number of carbonyl (C=O) groups excluding carboxylic acids is 1. The van der Waals surface area contributed by atoms with E-state index in [1.165, 1.54) is 0 Å². The van der Waals surface area contributed by atoms with E-state index in [0.29, 0.717) is 12.3 Å². The van der Waals surface area contributed by atoms with Crippen LogP contribution in [-0.2, 0) is 9.53 Å². The fourth-order valence-corrected chi connectivity index (χ4v) is 0.874. The molecular weight excluding hydrogens is 156 g/mol. The molecule has 0 aliphatic heterocycles. The molecule has 0 amide bonds. The summed E-state index contributed by atoms with van der Waals surface area (Å²) in [6.07, 6.45) is 2.82. The molecule has 1 aliphatic rings. The molecule has 12 heavy (non-hydrogen) atoms. The molecule has 0 saturated heterocycles. The maximum atomic E-state index is 11.0. The first kappa shape index (κ1) is 9.52. The molecule has 0 heterocycles. The smallest absolute Gasteiger partial charge is 0.306 e.